The van der Waals surface area contributed by atoms with Crippen LogP contribution in [0.2, 0.25) is 5.02 Å². The summed E-state index contributed by atoms with van der Waals surface area (Å²) in [5.74, 6) is -0.0568. The number of aryl methyl sites for hydroxylation is 1. The molecule has 4 nitrogen and oxygen atoms in total. The number of anilines is 1. The number of phenolic OH excluding ortho intramolecular Hbond substituents is 1. The SMILES string of the molecule is Cc1ccc2ccc(C(Nc3cc(C(F)(F)F)ccc3Cl)c3ccncc3)c(O)c2n1. The van der Waals surface area contributed by atoms with Crippen molar-refractivity contribution < 1.29 is 18.3 Å². The van der Waals surface area contributed by atoms with Crippen LogP contribution < -0.4 is 5.32 Å². The molecule has 2 aromatic heterocycles. The van der Waals surface area contributed by atoms with Gasteiger partial charge in [-0.05, 0) is 48.9 Å². The Morgan fingerprint density at radius 2 is 1.71 bits per heavy atom. The molecule has 0 fully saturated rings. The van der Waals surface area contributed by atoms with Crippen molar-refractivity contribution in [2.24, 2.45) is 0 Å². The number of halogens is 4. The van der Waals surface area contributed by atoms with E-state index < -0.39 is 17.8 Å². The van der Waals surface area contributed by atoms with Gasteiger partial charge in [-0.2, -0.15) is 13.2 Å². The second-order valence-electron chi connectivity index (χ2n) is 7.08. The van der Waals surface area contributed by atoms with Crippen LogP contribution in [0.3, 0.4) is 0 Å². The van der Waals surface area contributed by atoms with Crippen molar-refractivity contribution in [1.82, 2.24) is 9.97 Å². The lowest BCUT2D eigenvalue weighted by molar-refractivity contribution is -0.137. The molecule has 1 atom stereocenters. The molecule has 8 heteroatoms. The van der Waals surface area contributed by atoms with Crippen LogP contribution in [-0.2, 0) is 6.18 Å². The Hall–Kier alpha value is -3.32. The van der Waals surface area contributed by atoms with Gasteiger partial charge in [-0.3, -0.25) is 4.98 Å². The number of pyridine rings is 2. The van der Waals surface area contributed by atoms with Crippen molar-refractivity contribution in [1.29, 1.82) is 0 Å². The van der Waals surface area contributed by atoms with Crippen LogP contribution in [0, 0.1) is 6.92 Å². The third kappa shape index (κ3) is 4.27. The number of aromatic nitrogens is 2. The summed E-state index contributed by atoms with van der Waals surface area (Å²) in [5.41, 5.74) is 1.54. The molecule has 0 spiro atoms. The van der Waals surface area contributed by atoms with Gasteiger partial charge in [0.25, 0.3) is 0 Å². The Kier molecular flexibility index (Phi) is 5.45. The van der Waals surface area contributed by atoms with Crippen LogP contribution in [0.1, 0.15) is 28.4 Å². The van der Waals surface area contributed by atoms with Gasteiger partial charge in [-0.15, -0.1) is 0 Å². The van der Waals surface area contributed by atoms with Gasteiger partial charge in [0.2, 0.25) is 0 Å². The molecule has 0 amide bonds. The van der Waals surface area contributed by atoms with E-state index in [1.807, 2.05) is 19.1 Å². The molecule has 0 saturated heterocycles. The number of hydrogen-bond acceptors (Lipinski definition) is 4. The average molecular weight is 444 g/mol. The van der Waals surface area contributed by atoms with Gasteiger partial charge in [0.1, 0.15) is 11.3 Å². The fourth-order valence-electron chi connectivity index (χ4n) is 3.38. The van der Waals surface area contributed by atoms with Crippen molar-refractivity contribution >= 4 is 28.2 Å². The minimum absolute atomic E-state index is 0.0568. The molecule has 0 aliphatic carbocycles. The highest BCUT2D eigenvalue weighted by Crippen LogP contribution is 2.39. The molecular weight excluding hydrogens is 427 g/mol. The van der Waals surface area contributed by atoms with E-state index >= 15 is 0 Å². The Morgan fingerprint density at radius 3 is 2.42 bits per heavy atom. The molecule has 2 N–H and O–H groups in total. The fraction of sp³-hybridized carbons (Fsp3) is 0.130. The molecule has 2 aromatic carbocycles. The Labute approximate surface area is 181 Å². The molecule has 0 radical (unpaired) electrons. The van der Waals surface area contributed by atoms with Gasteiger partial charge in [0.05, 0.1) is 22.3 Å². The number of nitrogens with zero attached hydrogens (tertiary/aromatic N) is 2. The maximum atomic E-state index is 13.2. The van der Waals surface area contributed by atoms with Gasteiger partial charge in [-0.25, -0.2) is 4.98 Å². The van der Waals surface area contributed by atoms with E-state index in [0.717, 1.165) is 23.2 Å². The highest BCUT2D eigenvalue weighted by Gasteiger charge is 2.31. The van der Waals surface area contributed by atoms with E-state index in [9.17, 15) is 18.3 Å². The third-order valence-corrected chi connectivity index (χ3v) is 5.28. The second kappa shape index (κ2) is 8.07. The molecule has 0 saturated carbocycles. The summed E-state index contributed by atoms with van der Waals surface area (Å²) >= 11 is 6.20. The number of aromatic hydroxyl groups is 1. The Morgan fingerprint density at radius 1 is 1.00 bits per heavy atom. The highest BCUT2D eigenvalue weighted by molar-refractivity contribution is 6.33. The van der Waals surface area contributed by atoms with Gasteiger partial charge in [0.15, 0.2) is 0 Å². The molecule has 1 unspecified atom stereocenters. The minimum Gasteiger partial charge on any atom is -0.505 e. The van der Waals surface area contributed by atoms with Crippen LogP contribution in [0.15, 0.2) is 67.0 Å². The molecule has 4 aromatic rings. The maximum absolute atomic E-state index is 13.2. The van der Waals surface area contributed by atoms with Crippen molar-refractivity contribution in [2.75, 3.05) is 5.32 Å². The van der Waals surface area contributed by atoms with Crippen LogP contribution in [-0.4, -0.2) is 15.1 Å². The molecule has 0 aliphatic rings. The quantitative estimate of drug-likeness (QED) is 0.377. The number of hydrogen-bond donors (Lipinski definition) is 2. The van der Waals surface area contributed by atoms with Crippen molar-refractivity contribution in [2.45, 2.75) is 19.1 Å². The third-order valence-electron chi connectivity index (χ3n) is 4.95. The predicted molar refractivity (Wildman–Crippen MR) is 114 cm³/mol. The van der Waals surface area contributed by atoms with E-state index in [4.69, 9.17) is 11.6 Å². The predicted octanol–water partition coefficient (Wildman–Crippen LogP) is 6.52. The molecule has 0 bridgehead atoms. The van der Waals surface area contributed by atoms with Crippen LogP contribution in [0.4, 0.5) is 18.9 Å². The summed E-state index contributed by atoms with van der Waals surface area (Å²) in [6.07, 6.45) is -1.38. The maximum Gasteiger partial charge on any atom is 0.416 e. The zero-order valence-electron chi connectivity index (χ0n) is 16.3. The topological polar surface area (TPSA) is 58.0 Å². The number of benzene rings is 2. The van der Waals surface area contributed by atoms with E-state index in [1.165, 1.54) is 6.07 Å². The summed E-state index contributed by atoms with van der Waals surface area (Å²) in [6.45, 7) is 1.81. The van der Waals surface area contributed by atoms with Crippen molar-refractivity contribution in [3.63, 3.8) is 0 Å². The molecule has 2 heterocycles. The van der Waals surface area contributed by atoms with Gasteiger partial charge in [0, 0.05) is 29.0 Å². The van der Waals surface area contributed by atoms with Gasteiger partial charge in [-0.1, -0.05) is 29.8 Å². The van der Waals surface area contributed by atoms with Crippen molar-refractivity contribution in [3.05, 3.63) is 94.4 Å². The summed E-state index contributed by atoms with van der Waals surface area (Å²) < 4.78 is 39.7. The van der Waals surface area contributed by atoms with Crippen LogP contribution in [0.5, 0.6) is 5.75 Å². The highest BCUT2D eigenvalue weighted by atomic mass is 35.5. The van der Waals surface area contributed by atoms with E-state index in [2.05, 4.69) is 15.3 Å². The smallest absolute Gasteiger partial charge is 0.416 e. The average Bonchev–Trinajstić information content (AvgIpc) is 2.74. The lowest BCUT2D eigenvalue weighted by Crippen LogP contribution is -2.14. The first-order valence-corrected chi connectivity index (χ1v) is 9.74. The van der Waals surface area contributed by atoms with E-state index in [0.29, 0.717) is 16.6 Å². The first kappa shape index (κ1) is 20.9. The first-order chi connectivity index (χ1) is 14.7. The number of fused-ring (bicyclic) bond motifs is 1. The summed E-state index contributed by atoms with van der Waals surface area (Å²) in [5, 5.41) is 14.9. The molecule has 4 rings (SSSR count). The zero-order valence-corrected chi connectivity index (χ0v) is 17.0. The molecule has 31 heavy (non-hydrogen) atoms. The second-order valence-corrected chi connectivity index (χ2v) is 7.49. The number of rotatable bonds is 4. The lowest BCUT2D eigenvalue weighted by atomic mass is 9.96. The van der Waals surface area contributed by atoms with Gasteiger partial charge >= 0.3 is 6.18 Å². The summed E-state index contributed by atoms with van der Waals surface area (Å²) in [4.78, 5) is 8.42. The van der Waals surface area contributed by atoms with E-state index in [-0.39, 0.29) is 16.5 Å². The molecule has 158 valence electrons. The fourth-order valence-corrected chi connectivity index (χ4v) is 3.56. The van der Waals surface area contributed by atoms with Gasteiger partial charge < -0.3 is 10.4 Å². The Bertz CT molecular complexity index is 1250. The van der Waals surface area contributed by atoms with E-state index in [1.54, 1.807) is 36.7 Å². The first-order valence-electron chi connectivity index (χ1n) is 9.36. The van der Waals surface area contributed by atoms with Crippen LogP contribution >= 0.6 is 11.6 Å². The largest absolute Gasteiger partial charge is 0.505 e. The Balaban J connectivity index is 1.86. The number of nitrogens with one attached hydrogen (secondary N) is 1. The summed E-state index contributed by atoms with van der Waals surface area (Å²) in [7, 11) is 0. The molecule has 0 aliphatic heterocycles. The number of phenols is 1. The standard InChI is InChI=1S/C23H17ClF3N3O/c1-13-2-3-14-4-6-17(22(31)21(14)29-13)20(15-8-10-28-11-9-15)30-19-12-16(23(25,26)27)5-7-18(19)24/h2-12,20,30-31H,1H3. The monoisotopic (exact) mass is 443 g/mol. The van der Waals surface area contributed by atoms with Crippen LogP contribution in [0.25, 0.3) is 10.9 Å². The van der Waals surface area contributed by atoms with Crippen molar-refractivity contribution in [3.8, 4) is 5.75 Å². The molecular formula is C23H17ClF3N3O. The number of alkyl halides is 3. The normalized spacial score (nSPS) is 12.7. The minimum atomic E-state index is -4.51. The lowest BCUT2D eigenvalue weighted by Gasteiger charge is -2.23. The zero-order chi connectivity index (χ0) is 22.2. The summed E-state index contributed by atoms with van der Waals surface area (Å²) in [6, 6.07) is 13.0.